The highest BCUT2D eigenvalue weighted by molar-refractivity contribution is 7.99. The van der Waals surface area contributed by atoms with E-state index in [1.54, 1.807) is 37.4 Å². The SMILES string of the molecule is COc1ccc(NC(C)=O)cc1CNC(=O)CSc1nnc(-c2ccco2)o1. The first-order valence-electron chi connectivity index (χ1n) is 8.26. The number of ether oxygens (including phenoxy) is 1. The van der Waals surface area contributed by atoms with Gasteiger partial charge in [0, 0.05) is 24.7 Å². The lowest BCUT2D eigenvalue weighted by Gasteiger charge is -2.12. The molecule has 0 saturated heterocycles. The number of thioether (sulfide) groups is 1. The summed E-state index contributed by atoms with van der Waals surface area (Å²) in [5.41, 5.74) is 1.37. The zero-order chi connectivity index (χ0) is 19.9. The van der Waals surface area contributed by atoms with Gasteiger partial charge < -0.3 is 24.2 Å². The highest BCUT2D eigenvalue weighted by atomic mass is 32.2. The number of nitrogens with one attached hydrogen (secondary N) is 2. The van der Waals surface area contributed by atoms with E-state index in [-0.39, 0.29) is 35.2 Å². The number of carbonyl (C=O) groups is 2. The second-order valence-corrected chi connectivity index (χ2v) is 6.55. The van der Waals surface area contributed by atoms with Gasteiger partial charge in [0.05, 0.1) is 19.1 Å². The van der Waals surface area contributed by atoms with Crippen LogP contribution in [-0.2, 0) is 16.1 Å². The molecule has 0 bridgehead atoms. The second kappa shape index (κ2) is 9.09. The Balaban J connectivity index is 1.53. The zero-order valence-electron chi connectivity index (χ0n) is 15.2. The van der Waals surface area contributed by atoms with E-state index in [2.05, 4.69) is 20.8 Å². The minimum absolute atomic E-state index is 0.105. The van der Waals surface area contributed by atoms with Crippen LogP contribution in [0.25, 0.3) is 11.7 Å². The third-order valence-corrected chi connectivity index (χ3v) is 4.36. The summed E-state index contributed by atoms with van der Waals surface area (Å²) in [4.78, 5) is 23.3. The van der Waals surface area contributed by atoms with E-state index in [0.29, 0.717) is 17.2 Å². The molecular formula is C18H18N4O5S. The minimum Gasteiger partial charge on any atom is -0.496 e. The molecule has 0 atom stereocenters. The molecule has 1 aromatic carbocycles. The fraction of sp³-hybridized carbons (Fsp3) is 0.222. The molecule has 3 rings (SSSR count). The quantitative estimate of drug-likeness (QED) is 0.552. The van der Waals surface area contributed by atoms with E-state index in [0.717, 1.165) is 17.3 Å². The lowest BCUT2D eigenvalue weighted by molar-refractivity contribution is -0.118. The first-order chi connectivity index (χ1) is 13.5. The highest BCUT2D eigenvalue weighted by Crippen LogP contribution is 2.24. The topological polar surface area (TPSA) is 119 Å². The first-order valence-corrected chi connectivity index (χ1v) is 9.25. The molecule has 2 aromatic heterocycles. The maximum absolute atomic E-state index is 12.1. The van der Waals surface area contributed by atoms with Crippen molar-refractivity contribution in [3.8, 4) is 17.4 Å². The summed E-state index contributed by atoms with van der Waals surface area (Å²) in [7, 11) is 1.54. The molecule has 0 aliphatic rings. The number of carbonyl (C=O) groups excluding carboxylic acids is 2. The number of furan rings is 1. The van der Waals surface area contributed by atoms with Crippen LogP contribution in [0.3, 0.4) is 0 Å². The largest absolute Gasteiger partial charge is 0.496 e. The van der Waals surface area contributed by atoms with Crippen molar-refractivity contribution in [2.75, 3.05) is 18.2 Å². The third-order valence-electron chi connectivity index (χ3n) is 3.54. The van der Waals surface area contributed by atoms with Crippen molar-refractivity contribution in [2.45, 2.75) is 18.7 Å². The Bertz CT molecular complexity index is 955. The van der Waals surface area contributed by atoms with Crippen molar-refractivity contribution < 1.29 is 23.2 Å². The van der Waals surface area contributed by atoms with E-state index in [1.165, 1.54) is 13.2 Å². The van der Waals surface area contributed by atoms with Gasteiger partial charge in [-0.05, 0) is 30.3 Å². The van der Waals surface area contributed by atoms with Crippen molar-refractivity contribution in [3.05, 3.63) is 42.2 Å². The second-order valence-electron chi connectivity index (χ2n) is 5.62. The van der Waals surface area contributed by atoms with Crippen molar-refractivity contribution in [2.24, 2.45) is 0 Å². The Morgan fingerprint density at radius 1 is 1.25 bits per heavy atom. The summed E-state index contributed by atoms with van der Waals surface area (Å²) in [5, 5.41) is 13.5. The van der Waals surface area contributed by atoms with Gasteiger partial charge in [0.15, 0.2) is 5.76 Å². The number of aromatic nitrogens is 2. The molecule has 0 fully saturated rings. The predicted octanol–water partition coefficient (Wildman–Crippen LogP) is 2.71. The molecule has 0 saturated carbocycles. The molecule has 0 unspecified atom stereocenters. The summed E-state index contributed by atoms with van der Waals surface area (Å²) in [5.74, 6) is 1.05. The lowest BCUT2D eigenvalue weighted by Crippen LogP contribution is -2.25. The van der Waals surface area contributed by atoms with Crippen LogP contribution in [0, 0.1) is 0 Å². The molecule has 3 aromatic rings. The van der Waals surface area contributed by atoms with Gasteiger partial charge in [-0.25, -0.2) is 0 Å². The van der Waals surface area contributed by atoms with Gasteiger partial charge in [0.2, 0.25) is 11.8 Å². The number of amides is 2. The molecule has 10 heteroatoms. The summed E-state index contributed by atoms with van der Waals surface area (Å²) in [6.45, 7) is 1.68. The molecule has 28 heavy (non-hydrogen) atoms. The first kappa shape index (κ1) is 19.5. The van der Waals surface area contributed by atoms with Gasteiger partial charge in [-0.2, -0.15) is 0 Å². The average molecular weight is 402 g/mol. The maximum Gasteiger partial charge on any atom is 0.284 e. The lowest BCUT2D eigenvalue weighted by atomic mass is 10.1. The summed E-state index contributed by atoms with van der Waals surface area (Å²) < 4.78 is 15.9. The molecular weight excluding hydrogens is 384 g/mol. The minimum atomic E-state index is -0.213. The van der Waals surface area contributed by atoms with E-state index in [9.17, 15) is 9.59 Å². The molecule has 0 spiro atoms. The molecule has 9 nitrogen and oxygen atoms in total. The van der Waals surface area contributed by atoms with Crippen molar-refractivity contribution in [3.63, 3.8) is 0 Å². The van der Waals surface area contributed by atoms with Crippen LogP contribution in [0.5, 0.6) is 5.75 Å². The monoisotopic (exact) mass is 402 g/mol. The molecule has 2 heterocycles. The van der Waals surface area contributed by atoms with Gasteiger partial charge in [-0.1, -0.05) is 11.8 Å². The van der Waals surface area contributed by atoms with Gasteiger partial charge in [-0.15, -0.1) is 10.2 Å². The van der Waals surface area contributed by atoms with Gasteiger partial charge in [0.1, 0.15) is 5.75 Å². The number of hydrogen-bond acceptors (Lipinski definition) is 8. The Morgan fingerprint density at radius 2 is 2.11 bits per heavy atom. The molecule has 2 amide bonds. The Hall–Kier alpha value is -3.27. The van der Waals surface area contributed by atoms with Crippen molar-refractivity contribution in [1.82, 2.24) is 15.5 Å². The normalized spacial score (nSPS) is 10.5. The van der Waals surface area contributed by atoms with E-state index >= 15 is 0 Å². The highest BCUT2D eigenvalue weighted by Gasteiger charge is 2.13. The standard InChI is InChI=1S/C18H18N4O5S/c1-11(23)20-13-5-6-14(25-2)12(8-13)9-19-16(24)10-28-18-22-21-17(27-18)15-4-3-7-26-15/h3-8H,9-10H2,1-2H3,(H,19,24)(H,20,23). The van der Waals surface area contributed by atoms with Crippen LogP contribution in [-0.4, -0.2) is 34.9 Å². The zero-order valence-corrected chi connectivity index (χ0v) is 16.0. The number of hydrogen-bond donors (Lipinski definition) is 2. The van der Waals surface area contributed by atoms with Gasteiger partial charge in [-0.3, -0.25) is 9.59 Å². The summed E-state index contributed by atoms with van der Waals surface area (Å²) in [6.07, 6.45) is 1.51. The smallest absolute Gasteiger partial charge is 0.284 e. The number of anilines is 1. The van der Waals surface area contributed by atoms with Crippen LogP contribution in [0.1, 0.15) is 12.5 Å². The van der Waals surface area contributed by atoms with Gasteiger partial charge >= 0.3 is 0 Å². The van der Waals surface area contributed by atoms with E-state index < -0.39 is 0 Å². The molecule has 0 aliphatic carbocycles. The molecule has 2 N–H and O–H groups in total. The number of benzene rings is 1. The third kappa shape index (κ3) is 5.13. The summed E-state index contributed by atoms with van der Waals surface area (Å²) in [6, 6.07) is 8.64. The summed E-state index contributed by atoms with van der Waals surface area (Å²) >= 11 is 1.12. The van der Waals surface area contributed by atoms with Gasteiger partial charge in [0.25, 0.3) is 11.1 Å². The fourth-order valence-corrected chi connectivity index (χ4v) is 2.93. The van der Waals surface area contributed by atoms with Crippen LogP contribution in [0.15, 0.2) is 50.7 Å². The maximum atomic E-state index is 12.1. The van der Waals surface area contributed by atoms with Crippen LogP contribution in [0.2, 0.25) is 0 Å². The van der Waals surface area contributed by atoms with Crippen molar-refractivity contribution >= 4 is 29.3 Å². The van der Waals surface area contributed by atoms with Crippen LogP contribution in [0.4, 0.5) is 5.69 Å². The Labute approximate surface area is 164 Å². The Kier molecular flexibility index (Phi) is 6.33. The van der Waals surface area contributed by atoms with Crippen LogP contribution >= 0.6 is 11.8 Å². The van der Waals surface area contributed by atoms with E-state index in [4.69, 9.17) is 13.6 Å². The molecule has 0 aliphatic heterocycles. The number of methoxy groups -OCH3 is 1. The van der Waals surface area contributed by atoms with Crippen LogP contribution < -0.4 is 15.4 Å². The fourth-order valence-electron chi connectivity index (χ4n) is 2.34. The van der Waals surface area contributed by atoms with Crippen molar-refractivity contribution in [1.29, 1.82) is 0 Å². The average Bonchev–Trinajstić information content (AvgIpc) is 3.35. The molecule has 146 valence electrons. The predicted molar refractivity (Wildman–Crippen MR) is 102 cm³/mol. The van der Waals surface area contributed by atoms with E-state index in [1.807, 2.05) is 0 Å². The Morgan fingerprint density at radius 3 is 2.82 bits per heavy atom. The number of nitrogens with zero attached hydrogens (tertiary/aromatic N) is 2. The number of rotatable bonds is 8. The molecule has 0 radical (unpaired) electrons.